The van der Waals surface area contributed by atoms with Crippen molar-refractivity contribution in [1.29, 1.82) is 0 Å². The van der Waals surface area contributed by atoms with Gasteiger partial charge in [-0.2, -0.15) is 0 Å². The summed E-state index contributed by atoms with van der Waals surface area (Å²) >= 11 is 0. The van der Waals surface area contributed by atoms with Gasteiger partial charge in [0.05, 0.1) is 0 Å². The Morgan fingerprint density at radius 3 is 2.28 bits per heavy atom. The molecule has 0 fully saturated rings. The second-order valence-corrected chi connectivity index (χ2v) is 6.67. The first-order valence-corrected chi connectivity index (χ1v) is 8.44. The Morgan fingerprint density at radius 2 is 1.76 bits per heavy atom. The third kappa shape index (κ3) is 7.63. The van der Waals surface area contributed by atoms with Gasteiger partial charge in [0.15, 0.2) is 12.1 Å². The molecule has 0 aliphatic rings. The van der Waals surface area contributed by atoms with Gasteiger partial charge in [0.25, 0.3) is 0 Å². The molecule has 2 atom stereocenters. The van der Waals surface area contributed by atoms with Crippen LogP contribution in [-0.2, 0) is 25.5 Å². The van der Waals surface area contributed by atoms with E-state index in [9.17, 15) is 14.7 Å². The fourth-order valence-electron chi connectivity index (χ4n) is 2.22. The van der Waals surface area contributed by atoms with Crippen molar-refractivity contribution in [2.45, 2.75) is 46.3 Å². The Bertz CT molecular complexity index is 589. The molecule has 0 amide bonds. The van der Waals surface area contributed by atoms with Crippen molar-refractivity contribution in [2.24, 2.45) is 5.92 Å². The number of carbonyl (C=O) groups excluding carboxylic acids is 2. The Kier molecular flexibility index (Phi) is 8.52. The average molecular weight is 348 g/mol. The first-order chi connectivity index (χ1) is 11.7. The van der Waals surface area contributed by atoms with Gasteiger partial charge in [0, 0.05) is 11.5 Å². The lowest BCUT2D eigenvalue weighted by Gasteiger charge is -2.15. The second-order valence-electron chi connectivity index (χ2n) is 6.67. The van der Waals surface area contributed by atoms with Gasteiger partial charge in [0.1, 0.15) is 13.2 Å². The number of benzene rings is 1. The molecule has 5 nitrogen and oxygen atoms in total. The number of aliphatic hydroxyl groups is 1. The summed E-state index contributed by atoms with van der Waals surface area (Å²) in [4.78, 5) is 23.4. The van der Waals surface area contributed by atoms with Crippen LogP contribution in [0.4, 0.5) is 0 Å². The summed E-state index contributed by atoms with van der Waals surface area (Å²) in [7, 11) is 0. The van der Waals surface area contributed by atoms with E-state index < -0.39 is 12.3 Å². The largest absolute Gasteiger partial charge is 0.457 e. The minimum Gasteiger partial charge on any atom is -0.457 e. The standard InChI is InChI=1S/C20H28O5/c1-13(2)10-16-6-8-17(9-7-16)15(5)18(21)11-24-19(22)12-25-20(23)14(3)4/h6-9,13,15,19,22H,3,10-12H2,1-2,4-5H3. The summed E-state index contributed by atoms with van der Waals surface area (Å²) in [6.07, 6.45) is -0.339. The van der Waals surface area contributed by atoms with Crippen LogP contribution in [0.2, 0.25) is 0 Å². The molecule has 2 unspecified atom stereocenters. The minimum atomic E-state index is -1.34. The van der Waals surface area contributed by atoms with Crippen molar-refractivity contribution in [3.05, 3.63) is 47.5 Å². The maximum atomic E-state index is 12.2. The lowest BCUT2D eigenvalue weighted by atomic mass is 9.94. The zero-order chi connectivity index (χ0) is 19.0. The summed E-state index contributed by atoms with van der Waals surface area (Å²) in [5.74, 6) is -0.511. The van der Waals surface area contributed by atoms with Crippen LogP contribution in [0, 0.1) is 5.92 Å². The van der Waals surface area contributed by atoms with Gasteiger partial charge in [-0.1, -0.05) is 51.6 Å². The van der Waals surface area contributed by atoms with Crippen LogP contribution >= 0.6 is 0 Å². The van der Waals surface area contributed by atoms with Crippen LogP contribution in [0.1, 0.15) is 44.7 Å². The lowest BCUT2D eigenvalue weighted by Crippen LogP contribution is -2.26. The second kappa shape index (κ2) is 10.1. The van der Waals surface area contributed by atoms with Gasteiger partial charge >= 0.3 is 5.97 Å². The Labute approximate surface area is 149 Å². The predicted octanol–water partition coefficient (Wildman–Crippen LogP) is 3.01. The van der Waals surface area contributed by atoms with E-state index in [1.165, 1.54) is 12.5 Å². The van der Waals surface area contributed by atoms with Crippen molar-refractivity contribution in [1.82, 2.24) is 0 Å². The summed E-state index contributed by atoms with van der Waals surface area (Å²) in [5.41, 5.74) is 2.38. The number of ketones is 1. The van der Waals surface area contributed by atoms with Crippen LogP contribution in [0.25, 0.3) is 0 Å². The molecule has 0 saturated carbocycles. The SMILES string of the molecule is C=C(C)C(=O)OCC(O)OCC(=O)C(C)c1ccc(CC(C)C)cc1. The predicted molar refractivity (Wildman–Crippen MR) is 96.1 cm³/mol. The Hall–Kier alpha value is -1.98. The molecule has 1 aromatic rings. The maximum Gasteiger partial charge on any atom is 0.333 e. The molecule has 0 spiro atoms. The number of ether oxygens (including phenoxy) is 2. The third-order valence-corrected chi connectivity index (χ3v) is 3.73. The molecule has 0 bridgehead atoms. The van der Waals surface area contributed by atoms with Gasteiger partial charge in [-0.25, -0.2) is 4.79 Å². The Balaban J connectivity index is 2.45. The molecule has 1 aromatic carbocycles. The highest BCUT2D eigenvalue weighted by atomic mass is 16.6. The minimum absolute atomic E-state index is 0.151. The van der Waals surface area contributed by atoms with E-state index in [2.05, 4.69) is 20.4 Å². The van der Waals surface area contributed by atoms with E-state index in [0.29, 0.717) is 5.92 Å². The molecule has 0 aromatic heterocycles. The highest BCUT2D eigenvalue weighted by Crippen LogP contribution is 2.18. The number of aliphatic hydroxyl groups excluding tert-OH is 1. The fourth-order valence-corrected chi connectivity index (χ4v) is 2.22. The Morgan fingerprint density at radius 1 is 1.16 bits per heavy atom. The van der Waals surface area contributed by atoms with Gasteiger partial charge in [-0.05, 0) is 30.4 Å². The van der Waals surface area contributed by atoms with Crippen molar-refractivity contribution >= 4 is 11.8 Å². The highest BCUT2D eigenvalue weighted by Gasteiger charge is 2.18. The quantitative estimate of drug-likeness (QED) is 0.400. The van der Waals surface area contributed by atoms with E-state index in [0.717, 1.165) is 12.0 Å². The fraction of sp³-hybridized carbons (Fsp3) is 0.500. The maximum absolute atomic E-state index is 12.2. The average Bonchev–Trinajstić information content (AvgIpc) is 2.56. The van der Waals surface area contributed by atoms with E-state index in [1.54, 1.807) is 6.92 Å². The van der Waals surface area contributed by atoms with Crippen molar-refractivity contribution in [2.75, 3.05) is 13.2 Å². The van der Waals surface area contributed by atoms with Crippen molar-refractivity contribution < 1.29 is 24.2 Å². The first-order valence-electron chi connectivity index (χ1n) is 8.44. The smallest absolute Gasteiger partial charge is 0.333 e. The number of hydrogen-bond donors (Lipinski definition) is 1. The molecule has 0 aliphatic carbocycles. The lowest BCUT2D eigenvalue weighted by molar-refractivity contribution is -0.165. The van der Waals surface area contributed by atoms with E-state index in [4.69, 9.17) is 9.47 Å². The normalized spacial score (nSPS) is 13.4. The van der Waals surface area contributed by atoms with Crippen LogP contribution in [-0.4, -0.2) is 36.4 Å². The third-order valence-electron chi connectivity index (χ3n) is 3.73. The molecule has 5 heteroatoms. The molecule has 0 saturated heterocycles. The number of carbonyl (C=O) groups is 2. The summed E-state index contributed by atoms with van der Waals surface area (Å²) < 4.78 is 9.81. The zero-order valence-corrected chi connectivity index (χ0v) is 15.5. The van der Waals surface area contributed by atoms with Crippen LogP contribution in [0.3, 0.4) is 0 Å². The molecule has 25 heavy (non-hydrogen) atoms. The van der Waals surface area contributed by atoms with Gasteiger partial charge < -0.3 is 14.6 Å². The molecule has 0 heterocycles. The highest BCUT2D eigenvalue weighted by molar-refractivity contribution is 5.87. The van der Waals surface area contributed by atoms with Crippen LogP contribution in [0.15, 0.2) is 36.4 Å². The first kappa shape index (κ1) is 21.1. The van der Waals surface area contributed by atoms with E-state index in [-0.39, 0.29) is 30.5 Å². The molecule has 1 rings (SSSR count). The van der Waals surface area contributed by atoms with Crippen molar-refractivity contribution in [3.8, 4) is 0 Å². The van der Waals surface area contributed by atoms with Gasteiger partial charge in [-0.3, -0.25) is 4.79 Å². The molecule has 0 radical (unpaired) electrons. The van der Waals surface area contributed by atoms with E-state index >= 15 is 0 Å². The van der Waals surface area contributed by atoms with Crippen molar-refractivity contribution in [3.63, 3.8) is 0 Å². The van der Waals surface area contributed by atoms with Crippen LogP contribution < -0.4 is 0 Å². The van der Waals surface area contributed by atoms with E-state index in [1.807, 2.05) is 24.3 Å². The van der Waals surface area contributed by atoms with Crippen LogP contribution in [0.5, 0.6) is 0 Å². The molecular formula is C20H28O5. The van der Waals surface area contributed by atoms with Gasteiger partial charge in [-0.15, -0.1) is 0 Å². The topological polar surface area (TPSA) is 72.8 Å². The zero-order valence-electron chi connectivity index (χ0n) is 15.5. The summed E-state index contributed by atoms with van der Waals surface area (Å²) in [5, 5.41) is 9.62. The summed E-state index contributed by atoms with van der Waals surface area (Å²) in [6.45, 7) is 10.5. The number of rotatable bonds is 10. The molecule has 0 aliphatic heterocycles. The molecule has 138 valence electrons. The van der Waals surface area contributed by atoms with Gasteiger partial charge in [0.2, 0.25) is 0 Å². The summed E-state index contributed by atoms with van der Waals surface area (Å²) in [6, 6.07) is 7.97. The molecular weight excluding hydrogens is 320 g/mol. The number of Topliss-reactive ketones (excluding diaryl/α,β-unsaturated/α-hetero) is 1. The monoisotopic (exact) mass is 348 g/mol. The number of esters is 1. The molecule has 1 N–H and O–H groups in total. The number of hydrogen-bond acceptors (Lipinski definition) is 5.